The summed E-state index contributed by atoms with van der Waals surface area (Å²) in [6.07, 6.45) is 12.0. The quantitative estimate of drug-likeness (QED) is 0.555. The van der Waals surface area contributed by atoms with Crippen LogP contribution in [0.3, 0.4) is 0 Å². The third kappa shape index (κ3) is 5.01. The zero-order valence-corrected chi connectivity index (χ0v) is 12.4. The molecule has 0 heterocycles. The predicted molar refractivity (Wildman–Crippen MR) is 82.1 cm³/mol. The first-order chi connectivity index (χ1) is 9.75. The van der Waals surface area contributed by atoms with Crippen LogP contribution in [0.1, 0.15) is 55.3 Å². The Hall–Kier alpha value is -1.28. The molecule has 0 N–H and O–H groups in total. The number of ether oxygens (including phenoxy) is 1. The Morgan fingerprint density at radius 1 is 1.00 bits per heavy atom. The number of carbonyl (C=O) groups excluding carboxylic acids is 1. The highest BCUT2D eigenvalue weighted by Crippen LogP contribution is 2.18. The Bertz CT molecular complexity index is 451. The molecule has 2 nitrogen and oxygen atoms in total. The third-order valence-electron chi connectivity index (χ3n) is 3.56. The van der Waals surface area contributed by atoms with Crippen molar-refractivity contribution in [3.05, 3.63) is 47.0 Å². The van der Waals surface area contributed by atoms with Crippen LogP contribution in [-0.2, 0) is 4.74 Å². The molecule has 108 valence electrons. The molecule has 0 saturated carbocycles. The van der Waals surface area contributed by atoms with Crippen LogP contribution in [0.25, 0.3) is 0 Å². The fourth-order valence-corrected chi connectivity index (χ4v) is 2.53. The minimum absolute atomic E-state index is 0.0460. The van der Waals surface area contributed by atoms with Crippen molar-refractivity contribution in [1.29, 1.82) is 0 Å². The van der Waals surface area contributed by atoms with Gasteiger partial charge in [-0.1, -0.05) is 23.8 Å². The van der Waals surface area contributed by atoms with Crippen molar-refractivity contribution < 1.29 is 9.53 Å². The van der Waals surface area contributed by atoms with Gasteiger partial charge in [0.1, 0.15) is 6.10 Å². The number of hydrogen-bond donors (Lipinski definition) is 0. The van der Waals surface area contributed by atoms with E-state index in [-0.39, 0.29) is 12.1 Å². The van der Waals surface area contributed by atoms with Gasteiger partial charge in [0.2, 0.25) is 0 Å². The molecule has 0 unspecified atom stereocenters. The van der Waals surface area contributed by atoms with Crippen molar-refractivity contribution in [1.82, 2.24) is 0 Å². The second-order valence-electron chi connectivity index (χ2n) is 5.22. The first-order valence-corrected chi connectivity index (χ1v) is 7.75. The smallest absolute Gasteiger partial charge is 0.338 e. The van der Waals surface area contributed by atoms with Gasteiger partial charge in [-0.2, -0.15) is 0 Å². The lowest BCUT2D eigenvalue weighted by Gasteiger charge is -2.18. The number of esters is 1. The van der Waals surface area contributed by atoms with Crippen LogP contribution in [0, 0.1) is 0 Å². The van der Waals surface area contributed by atoms with E-state index in [2.05, 4.69) is 12.2 Å². The number of allylic oxidation sites excluding steroid dienone is 2. The van der Waals surface area contributed by atoms with Gasteiger partial charge in [0.05, 0.1) is 5.56 Å². The molecule has 0 saturated heterocycles. The van der Waals surface area contributed by atoms with E-state index >= 15 is 0 Å². The molecule has 0 amide bonds. The SMILES string of the molecule is O=C(O[C@H]1CCC/C=C/CCCC1)c1ccc(Cl)cc1. The summed E-state index contributed by atoms with van der Waals surface area (Å²) < 4.78 is 5.64. The topological polar surface area (TPSA) is 26.3 Å². The summed E-state index contributed by atoms with van der Waals surface area (Å²) in [5.41, 5.74) is 0.575. The third-order valence-corrected chi connectivity index (χ3v) is 3.82. The number of hydrogen-bond acceptors (Lipinski definition) is 2. The molecule has 3 heteroatoms. The molecule has 0 bridgehead atoms. The van der Waals surface area contributed by atoms with Gasteiger partial charge in [0, 0.05) is 5.02 Å². The van der Waals surface area contributed by atoms with E-state index in [9.17, 15) is 4.79 Å². The Morgan fingerprint density at radius 2 is 1.65 bits per heavy atom. The fourth-order valence-electron chi connectivity index (χ4n) is 2.40. The van der Waals surface area contributed by atoms with E-state index in [0.717, 1.165) is 38.5 Å². The van der Waals surface area contributed by atoms with Crippen molar-refractivity contribution in [3.8, 4) is 0 Å². The van der Waals surface area contributed by atoms with Crippen LogP contribution < -0.4 is 0 Å². The van der Waals surface area contributed by atoms with E-state index < -0.39 is 0 Å². The van der Waals surface area contributed by atoms with Gasteiger partial charge in [0.25, 0.3) is 0 Å². The van der Waals surface area contributed by atoms with Gasteiger partial charge in [-0.15, -0.1) is 0 Å². The van der Waals surface area contributed by atoms with Crippen LogP contribution in [0.5, 0.6) is 0 Å². The standard InChI is InChI=1S/C17H21ClO2/c18-15-12-10-14(11-13-15)17(19)20-16-8-6-4-2-1-3-5-7-9-16/h1-2,10-13,16H,3-9H2/b2-1+/t16-/m0/s1. The highest BCUT2D eigenvalue weighted by atomic mass is 35.5. The largest absolute Gasteiger partial charge is 0.459 e. The van der Waals surface area contributed by atoms with Crippen molar-refractivity contribution in [2.75, 3.05) is 0 Å². The van der Waals surface area contributed by atoms with Crippen LogP contribution >= 0.6 is 11.6 Å². The maximum absolute atomic E-state index is 12.1. The van der Waals surface area contributed by atoms with Crippen molar-refractivity contribution in [2.24, 2.45) is 0 Å². The Morgan fingerprint density at radius 3 is 2.40 bits per heavy atom. The molecular formula is C17H21ClO2. The lowest BCUT2D eigenvalue weighted by molar-refractivity contribution is 0.0251. The van der Waals surface area contributed by atoms with Gasteiger partial charge in [-0.05, 0) is 69.2 Å². The number of benzene rings is 1. The Balaban J connectivity index is 1.90. The minimum Gasteiger partial charge on any atom is -0.459 e. The lowest BCUT2D eigenvalue weighted by Crippen LogP contribution is -2.18. The van der Waals surface area contributed by atoms with Gasteiger partial charge < -0.3 is 4.74 Å². The van der Waals surface area contributed by atoms with Crippen molar-refractivity contribution in [3.63, 3.8) is 0 Å². The fraction of sp³-hybridized carbons (Fsp3) is 0.471. The normalized spacial score (nSPS) is 21.9. The summed E-state index contributed by atoms with van der Waals surface area (Å²) in [7, 11) is 0. The van der Waals surface area contributed by atoms with Gasteiger partial charge in [0.15, 0.2) is 0 Å². The maximum atomic E-state index is 12.1. The summed E-state index contributed by atoms with van der Waals surface area (Å²) in [4.78, 5) is 12.1. The highest BCUT2D eigenvalue weighted by molar-refractivity contribution is 6.30. The minimum atomic E-state index is -0.237. The average molecular weight is 293 g/mol. The summed E-state index contributed by atoms with van der Waals surface area (Å²) in [6.45, 7) is 0. The second kappa shape index (κ2) is 8.11. The predicted octanol–water partition coefficient (Wildman–Crippen LogP) is 5.17. The first-order valence-electron chi connectivity index (χ1n) is 7.37. The molecule has 1 aromatic rings. The maximum Gasteiger partial charge on any atom is 0.338 e. The molecule has 0 fully saturated rings. The van der Waals surface area contributed by atoms with Crippen molar-refractivity contribution in [2.45, 2.75) is 51.0 Å². The molecular weight excluding hydrogens is 272 g/mol. The molecule has 1 aliphatic carbocycles. The van der Waals surface area contributed by atoms with E-state index in [1.807, 2.05) is 0 Å². The van der Waals surface area contributed by atoms with Crippen molar-refractivity contribution >= 4 is 17.6 Å². The van der Waals surface area contributed by atoms with Gasteiger partial charge in [-0.25, -0.2) is 4.79 Å². The van der Waals surface area contributed by atoms with Crippen LogP contribution in [-0.4, -0.2) is 12.1 Å². The monoisotopic (exact) mass is 292 g/mol. The average Bonchev–Trinajstić information content (AvgIpc) is 2.46. The second-order valence-corrected chi connectivity index (χ2v) is 5.66. The molecule has 2 rings (SSSR count). The first kappa shape index (κ1) is 15.1. The molecule has 1 aliphatic rings. The zero-order chi connectivity index (χ0) is 14.2. The van der Waals surface area contributed by atoms with Gasteiger partial charge >= 0.3 is 5.97 Å². The van der Waals surface area contributed by atoms with E-state index in [0.29, 0.717) is 10.6 Å². The van der Waals surface area contributed by atoms with E-state index in [1.165, 1.54) is 6.42 Å². The molecule has 0 aliphatic heterocycles. The number of halogens is 1. The summed E-state index contributed by atoms with van der Waals surface area (Å²) >= 11 is 5.82. The van der Waals surface area contributed by atoms with Gasteiger partial charge in [-0.3, -0.25) is 0 Å². The highest BCUT2D eigenvalue weighted by Gasteiger charge is 2.15. The summed E-state index contributed by atoms with van der Waals surface area (Å²) in [5.74, 6) is -0.237. The lowest BCUT2D eigenvalue weighted by atomic mass is 10.0. The van der Waals surface area contributed by atoms with Crippen LogP contribution in [0.2, 0.25) is 5.02 Å². The summed E-state index contributed by atoms with van der Waals surface area (Å²) in [5, 5.41) is 0.632. The Kier molecular flexibility index (Phi) is 6.13. The molecule has 0 spiro atoms. The summed E-state index contributed by atoms with van der Waals surface area (Å²) in [6, 6.07) is 6.87. The molecule has 20 heavy (non-hydrogen) atoms. The molecule has 1 aromatic carbocycles. The number of rotatable bonds is 2. The zero-order valence-electron chi connectivity index (χ0n) is 11.7. The Labute approximate surface area is 125 Å². The van der Waals surface area contributed by atoms with E-state index in [1.54, 1.807) is 24.3 Å². The number of carbonyl (C=O) groups is 1. The van der Waals surface area contributed by atoms with Crippen LogP contribution in [0.15, 0.2) is 36.4 Å². The van der Waals surface area contributed by atoms with E-state index in [4.69, 9.17) is 16.3 Å². The molecule has 0 radical (unpaired) electrons. The van der Waals surface area contributed by atoms with Crippen LogP contribution in [0.4, 0.5) is 0 Å². The molecule has 1 atom stereocenters. The molecule has 0 aromatic heterocycles.